The van der Waals surface area contributed by atoms with Crippen molar-refractivity contribution >= 4 is 71.3 Å². The standard InChI is InChI=1S/C67H43NO/c1-3-21-48(22-4-1)67(49-23-5-2-6-24-49)61-31-15-13-28-55(61)56-39-38-51(43-62(56)67)68(50-36-34-44(35-37-50)59-41-47-20-9-10-25-52(47)53-26-11-12-27-54(53)59)63-32-16-14-29-57(63)58-30-17-33-64-66(58)60-40-45-18-7-8-19-46(45)42-65(60)69-64/h1-43H. The van der Waals surface area contributed by atoms with E-state index in [9.17, 15) is 0 Å². The van der Waals surface area contributed by atoms with Gasteiger partial charge in [-0.3, -0.25) is 0 Å². The Balaban J connectivity index is 1.02. The van der Waals surface area contributed by atoms with Crippen molar-refractivity contribution in [3.63, 3.8) is 0 Å². The number of nitrogens with zero attached hydrogens (tertiary/aromatic N) is 1. The molecule has 13 aromatic rings. The summed E-state index contributed by atoms with van der Waals surface area (Å²) in [6, 6.07) is 95.8. The molecule has 0 radical (unpaired) electrons. The summed E-state index contributed by atoms with van der Waals surface area (Å²) in [7, 11) is 0. The second kappa shape index (κ2) is 15.6. The summed E-state index contributed by atoms with van der Waals surface area (Å²) in [6.07, 6.45) is 0. The molecule has 322 valence electrons. The van der Waals surface area contributed by atoms with E-state index in [1.165, 1.54) is 71.4 Å². The number of fused-ring (bicyclic) bond motifs is 10. The Labute approximate surface area is 400 Å². The molecule has 1 aromatic heterocycles. The summed E-state index contributed by atoms with van der Waals surface area (Å²) in [4.78, 5) is 2.47. The highest BCUT2D eigenvalue weighted by atomic mass is 16.3. The van der Waals surface area contributed by atoms with Crippen LogP contribution < -0.4 is 4.90 Å². The molecule has 1 heterocycles. The summed E-state index contributed by atoms with van der Waals surface area (Å²) in [6.45, 7) is 0. The van der Waals surface area contributed by atoms with Crippen LogP contribution in [0.4, 0.5) is 17.1 Å². The number of hydrogen-bond donors (Lipinski definition) is 0. The monoisotopic (exact) mass is 877 g/mol. The average molecular weight is 878 g/mol. The van der Waals surface area contributed by atoms with E-state index in [0.29, 0.717) is 0 Å². The SMILES string of the molecule is c1ccc(C2(c3ccccc3)c3ccccc3-c3ccc(N(c4ccc(-c5cc6ccccc6c6ccccc56)cc4)c4ccccc4-c4cccc5oc6cc7ccccc7cc6c45)cc32)cc1. The van der Waals surface area contributed by atoms with Crippen molar-refractivity contribution in [1.29, 1.82) is 0 Å². The number of para-hydroxylation sites is 1. The molecule has 0 unspecified atom stereocenters. The number of furan rings is 1. The van der Waals surface area contributed by atoms with Crippen molar-refractivity contribution < 1.29 is 4.42 Å². The molecule has 1 aliphatic carbocycles. The van der Waals surface area contributed by atoms with Crippen LogP contribution in [-0.2, 0) is 5.41 Å². The van der Waals surface area contributed by atoms with E-state index >= 15 is 0 Å². The van der Waals surface area contributed by atoms with Crippen LogP contribution >= 0.6 is 0 Å². The molecule has 0 fully saturated rings. The fourth-order valence-corrected chi connectivity index (χ4v) is 11.7. The lowest BCUT2D eigenvalue weighted by Crippen LogP contribution is -2.28. The minimum atomic E-state index is -0.555. The third-order valence-corrected chi connectivity index (χ3v) is 14.7. The number of benzene rings is 12. The van der Waals surface area contributed by atoms with Gasteiger partial charge in [-0.05, 0) is 137 Å². The van der Waals surface area contributed by atoms with Gasteiger partial charge in [-0.15, -0.1) is 0 Å². The molecule has 0 spiro atoms. The first-order valence-corrected chi connectivity index (χ1v) is 23.8. The molecule has 0 atom stereocenters. The van der Waals surface area contributed by atoms with E-state index in [-0.39, 0.29) is 0 Å². The predicted octanol–water partition coefficient (Wildman–Crippen LogP) is 18.2. The first-order chi connectivity index (χ1) is 34.2. The Morgan fingerprint density at radius 3 is 1.65 bits per heavy atom. The van der Waals surface area contributed by atoms with Crippen LogP contribution in [0, 0.1) is 0 Å². The van der Waals surface area contributed by atoms with Crippen LogP contribution in [-0.4, -0.2) is 0 Å². The molecule has 2 nitrogen and oxygen atoms in total. The van der Waals surface area contributed by atoms with Crippen molar-refractivity contribution in [1.82, 2.24) is 0 Å². The minimum Gasteiger partial charge on any atom is -0.456 e. The zero-order valence-corrected chi connectivity index (χ0v) is 37.7. The Bertz CT molecular complexity index is 4090. The van der Waals surface area contributed by atoms with Crippen molar-refractivity contribution in [3.8, 4) is 33.4 Å². The zero-order chi connectivity index (χ0) is 45.5. The van der Waals surface area contributed by atoms with Crippen LogP contribution in [0.1, 0.15) is 22.3 Å². The van der Waals surface area contributed by atoms with Gasteiger partial charge in [0.05, 0.1) is 11.1 Å². The molecule has 0 saturated carbocycles. The third-order valence-electron chi connectivity index (χ3n) is 14.7. The quantitative estimate of drug-likeness (QED) is 0.148. The van der Waals surface area contributed by atoms with Gasteiger partial charge < -0.3 is 9.32 Å². The fourth-order valence-electron chi connectivity index (χ4n) is 11.7. The van der Waals surface area contributed by atoms with E-state index in [1.54, 1.807) is 0 Å². The van der Waals surface area contributed by atoms with Crippen molar-refractivity contribution in [3.05, 3.63) is 283 Å². The van der Waals surface area contributed by atoms with E-state index in [2.05, 4.69) is 266 Å². The summed E-state index contributed by atoms with van der Waals surface area (Å²) < 4.78 is 6.68. The lowest BCUT2D eigenvalue weighted by atomic mass is 9.67. The number of rotatable bonds is 7. The van der Waals surface area contributed by atoms with Gasteiger partial charge in [0, 0.05) is 27.7 Å². The Kier molecular flexibility index (Phi) is 8.84. The predicted molar refractivity (Wildman–Crippen MR) is 289 cm³/mol. The summed E-state index contributed by atoms with van der Waals surface area (Å²) in [5.74, 6) is 0. The first kappa shape index (κ1) is 39.2. The summed E-state index contributed by atoms with van der Waals surface area (Å²) in [5.41, 5.74) is 16.6. The van der Waals surface area contributed by atoms with Crippen LogP contribution in [0.5, 0.6) is 0 Å². The number of anilines is 3. The Morgan fingerprint density at radius 1 is 0.304 bits per heavy atom. The molecule has 0 aliphatic heterocycles. The lowest BCUT2D eigenvalue weighted by Gasteiger charge is -2.35. The molecule has 0 N–H and O–H groups in total. The lowest BCUT2D eigenvalue weighted by molar-refractivity contribution is 0.669. The average Bonchev–Trinajstić information content (AvgIpc) is 3.94. The molecule has 12 aromatic carbocycles. The molecular formula is C67H43NO. The molecule has 0 bridgehead atoms. The minimum absolute atomic E-state index is 0.555. The first-order valence-electron chi connectivity index (χ1n) is 23.8. The third kappa shape index (κ3) is 5.99. The normalized spacial score (nSPS) is 12.8. The highest BCUT2D eigenvalue weighted by Crippen LogP contribution is 2.58. The van der Waals surface area contributed by atoms with Crippen LogP contribution in [0.2, 0.25) is 0 Å². The summed E-state index contributed by atoms with van der Waals surface area (Å²) in [5, 5.41) is 9.59. The van der Waals surface area contributed by atoms with Gasteiger partial charge in [0.1, 0.15) is 11.2 Å². The van der Waals surface area contributed by atoms with Crippen LogP contribution in [0.15, 0.2) is 265 Å². The second-order valence-corrected chi connectivity index (χ2v) is 18.3. The van der Waals surface area contributed by atoms with Crippen LogP contribution in [0.3, 0.4) is 0 Å². The molecule has 1 aliphatic rings. The smallest absolute Gasteiger partial charge is 0.136 e. The van der Waals surface area contributed by atoms with Crippen LogP contribution in [0.25, 0.3) is 87.6 Å². The Hall–Kier alpha value is -8.98. The van der Waals surface area contributed by atoms with Gasteiger partial charge in [-0.2, -0.15) is 0 Å². The Morgan fingerprint density at radius 2 is 0.884 bits per heavy atom. The number of hydrogen-bond acceptors (Lipinski definition) is 2. The van der Waals surface area contributed by atoms with Gasteiger partial charge in [-0.1, -0.05) is 206 Å². The maximum Gasteiger partial charge on any atom is 0.136 e. The van der Waals surface area contributed by atoms with E-state index in [0.717, 1.165) is 55.5 Å². The van der Waals surface area contributed by atoms with Crippen molar-refractivity contribution in [2.45, 2.75) is 5.41 Å². The van der Waals surface area contributed by atoms with Crippen molar-refractivity contribution in [2.24, 2.45) is 0 Å². The van der Waals surface area contributed by atoms with E-state index in [4.69, 9.17) is 4.42 Å². The maximum absolute atomic E-state index is 6.68. The topological polar surface area (TPSA) is 16.4 Å². The van der Waals surface area contributed by atoms with Gasteiger partial charge >= 0.3 is 0 Å². The van der Waals surface area contributed by atoms with Gasteiger partial charge in [0.25, 0.3) is 0 Å². The molecule has 69 heavy (non-hydrogen) atoms. The molecular weight excluding hydrogens is 835 g/mol. The molecule has 2 heteroatoms. The second-order valence-electron chi connectivity index (χ2n) is 18.3. The summed E-state index contributed by atoms with van der Waals surface area (Å²) >= 11 is 0. The van der Waals surface area contributed by atoms with Gasteiger partial charge in [-0.25, -0.2) is 0 Å². The van der Waals surface area contributed by atoms with E-state index in [1.807, 2.05) is 0 Å². The molecule has 0 amide bonds. The molecule has 0 saturated heterocycles. The maximum atomic E-state index is 6.68. The van der Waals surface area contributed by atoms with Crippen molar-refractivity contribution in [2.75, 3.05) is 4.90 Å². The highest BCUT2D eigenvalue weighted by molar-refractivity contribution is 6.17. The molecule has 14 rings (SSSR count). The van der Waals surface area contributed by atoms with Gasteiger partial charge in [0.15, 0.2) is 0 Å². The highest BCUT2D eigenvalue weighted by Gasteiger charge is 2.46. The van der Waals surface area contributed by atoms with Gasteiger partial charge in [0.2, 0.25) is 0 Å². The fraction of sp³-hybridized carbons (Fsp3) is 0.0149. The van der Waals surface area contributed by atoms with E-state index < -0.39 is 5.41 Å². The zero-order valence-electron chi connectivity index (χ0n) is 37.7. The largest absolute Gasteiger partial charge is 0.456 e.